The average Bonchev–Trinajstić information content (AvgIpc) is 2.38. The van der Waals surface area contributed by atoms with Crippen molar-refractivity contribution in [2.75, 3.05) is 11.5 Å². The van der Waals surface area contributed by atoms with Crippen LogP contribution in [-0.2, 0) is 0 Å². The number of hydrogen-bond acceptors (Lipinski definition) is 2. The van der Waals surface area contributed by atoms with Gasteiger partial charge in [-0.25, -0.2) is 0 Å². The van der Waals surface area contributed by atoms with Crippen LogP contribution in [0.25, 0.3) is 0 Å². The van der Waals surface area contributed by atoms with Gasteiger partial charge in [-0.3, -0.25) is 0 Å². The van der Waals surface area contributed by atoms with Crippen LogP contribution >= 0.6 is 0 Å². The number of rotatable bonds is 3. The smallest absolute Gasteiger partial charge is 0.0349 e. The Morgan fingerprint density at radius 2 is 1.00 bits per heavy atom. The molecule has 2 heteroatoms. The summed E-state index contributed by atoms with van der Waals surface area (Å²) in [7, 11) is 0. The summed E-state index contributed by atoms with van der Waals surface area (Å²) in [5.41, 5.74) is 16.2. The predicted molar refractivity (Wildman–Crippen MR) is 78.5 cm³/mol. The van der Waals surface area contributed by atoms with Gasteiger partial charge in [0.1, 0.15) is 0 Å². The second kappa shape index (κ2) is 5.13. The van der Waals surface area contributed by atoms with E-state index in [4.69, 9.17) is 11.5 Å². The molecule has 2 nitrogen and oxygen atoms in total. The molecule has 0 fully saturated rings. The van der Waals surface area contributed by atoms with Crippen LogP contribution in [0.3, 0.4) is 0 Å². The lowest BCUT2D eigenvalue weighted by atomic mass is 9.83. The Hall–Kier alpha value is -1.96. The standard InChI is InChI=1S/C16H20N2/c1-11(13-7-3-5-9-15(13)17)12(2)14-8-4-6-10-16(14)18/h3-12H,17-18H2,1-2H3. The summed E-state index contributed by atoms with van der Waals surface area (Å²) >= 11 is 0. The zero-order valence-corrected chi connectivity index (χ0v) is 10.9. The van der Waals surface area contributed by atoms with Gasteiger partial charge in [-0.2, -0.15) is 0 Å². The molecular formula is C16H20N2. The van der Waals surface area contributed by atoms with Crippen molar-refractivity contribution in [1.29, 1.82) is 0 Å². The van der Waals surface area contributed by atoms with Gasteiger partial charge in [0, 0.05) is 11.4 Å². The lowest BCUT2D eigenvalue weighted by molar-refractivity contribution is 0.627. The summed E-state index contributed by atoms with van der Waals surface area (Å²) in [4.78, 5) is 0. The zero-order chi connectivity index (χ0) is 13.1. The Kier molecular flexibility index (Phi) is 3.56. The van der Waals surface area contributed by atoms with Crippen LogP contribution in [0.15, 0.2) is 48.5 Å². The highest BCUT2D eigenvalue weighted by Gasteiger charge is 2.19. The topological polar surface area (TPSA) is 52.0 Å². The van der Waals surface area contributed by atoms with E-state index in [1.165, 1.54) is 11.1 Å². The molecule has 2 rings (SSSR count). The van der Waals surface area contributed by atoms with E-state index >= 15 is 0 Å². The Morgan fingerprint density at radius 3 is 1.33 bits per heavy atom. The summed E-state index contributed by atoms with van der Waals surface area (Å²) in [5, 5.41) is 0. The fourth-order valence-electron chi connectivity index (χ4n) is 2.39. The van der Waals surface area contributed by atoms with E-state index in [0.29, 0.717) is 11.8 Å². The van der Waals surface area contributed by atoms with Gasteiger partial charge in [0.25, 0.3) is 0 Å². The van der Waals surface area contributed by atoms with Crippen molar-refractivity contribution >= 4 is 11.4 Å². The minimum atomic E-state index is 0.343. The van der Waals surface area contributed by atoms with Crippen LogP contribution in [0.1, 0.15) is 36.8 Å². The van der Waals surface area contributed by atoms with E-state index < -0.39 is 0 Å². The van der Waals surface area contributed by atoms with Crippen molar-refractivity contribution in [1.82, 2.24) is 0 Å². The predicted octanol–water partition coefficient (Wildman–Crippen LogP) is 3.76. The minimum absolute atomic E-state index is 0.343. The Morgan fingerprint density at radius 1 is 0.667 bits per heavy atom. The van der Waals surface area contributed by atoms with E-state index in [0.717, 1.165) is 11.4 Å². The summed E-state index contributed by atoms with van der Waals surface area (Å²) in [6.07, 6.45) is 0. The number of para-hydroxylation sites is 2. The number of nitrogen functional groups attached to an aromatic ring is 2. The molecule has 0 saturated carbocycles. The second-order valence-corrected chi connectivity index (χ2v) is 4.84. The van der Waals surface area contributed by atoms with Crippen molar-refractivity contribution in [3.63, 3.8) is 0 Å². The third-order valence-electron chi connectivity index (χ3n) is 3.72. The largest absolute Gasteiger partial charge is 0.398 e. The zero-order valence-electron chi connectivity index (χ0n) is 10.9. The van der Waals surface area contributed by atoms with Crippen LogP contribution < -0.4 is 11.5 Å². The third kappa shape index (κ3) is 2.33. The molecule has 2 aromatic carbocycles. The Labute approximate surface area is 109 Å². The van der Waals surface area contributed by atoms with E-state index in [2.05, 4.69) is 26.0 Å². The van der Waals surface area contributed by atoms with Crippen LogP contribution in [0.2, 0.25) is 0 Å². The molecule has 0 spiro atoms. The molecule has 94 valence electrons. The number of hydrogen-bond donors (Lipinski definition) is 2. The molecule has 0 bridgehead atoms. The van der Waals surface area contributed by atoms with Crippen LogP contribution in [-0.4, -0.2) is 0 Å². The quantitative estimate of drug-likeness (QED) is 0.803. The molecular weight excluding hydrogens is 220 g/mol. The van der Waals surface area contributed by atoms with Gasteiger partial charge in [-0.15, -0.1) is 0 Å². The second-order valence-electron chi connectivity index (χ2n) is 4.84. The molecule has 2 atom stereocenters. The maximum Gasteiger partial charge on any atom is 0.0349 e. The summed E-state index contributed by atoms with van der Waals surface area (Å²) in [6.45, 7) is 4.39. The van der Waals surface area contributed by atoms with E-state index in [1.807, 2.05) is 36.4 Å². The average molecular weight is 240 g/mol. The third-order valence-corrected chi connectivity index (χ3v) is 3.72. The summed E-state index contributed by atoms with van der Waals surface area (Å²) in [5.74, 6) is 0.687. The van der Waals surface area contributed by atoms with Crippen molar-refractivity contribution in [3.05, 3.63) is 59.7 Å². The lowest BCUT2D eigenvalue weighted by Crippen LogP contribution is -2.09. The first-order valence-corrected chi connectivity index (χ1v) is 6.30. The molecule has 0 aliphatic rings. The highest BCUT2D eigenvalue weighted by Crippen LogP contribution is 2.36. The molecule has 0 aliphatic carbocycles. The molecule has 0 aliphatic heterocycles. The first kappa shape index (κ1) is 12.5. The van der Waals surface area contributed by atoms with Crippen molar-refractivity contribution in [3.8, 4) is 0 Å². The van der Waals surface area contributed by atoms with Crippen molar-refractivity contribution in [2.45, 2.75) is 25.7 Å². The van der Waals surface area contributed by atoms with E-state index in [-0.39, 0.29) is 0 Å². The monoisotopic (exact) mass is 240 g/mol. The first-order chi connectivity index (χ1) is 8.61. The number of nitrogens with two attached hydrogens (primary N) is 2. The van der Waals surface area contributed by atoms with Crippen LogP contribution in [0.5, 0.6) is 0 Å². The molecule has 18 heavy (non-hydrogen) atoms. The number of benzene rings is 2. The molecule has 2 aromatic rings. The molecule has 0 saturated heterocycles. The molecule has 2 unspecified atom stereocenters. The van der Waals surface area contributed by atoms with Gasteiger partial charge in [0.15, 0.2) is 0 Å². The highest BCUT2D eigenvalue weighted by atomic mass is 14.6. The van der Waals surface area contributed by atoms with Crippen LogP contribution in [0.4, 0.5) is 11.4 Å². The lowest BCUT2D eigenvalue weighted by Gasteiger charge is -2.23. The summed E-state index contributed by atoms with van der Waals surface area (Å²) in [6, 6.07) is 16.1. The van der Waals surface area contributed by atoms with Gasteiger partial charge in [-0.1, -0.05) is 50.2 Å². The van der Waals surface area contributed by atoms with Gasteiger partial charge in [0.05, 0.1) is 0 Å². The molecule has 0 aromatic heterocycles. The maximum atomic E-state index is 6.04. The molecule has 0 amide bonds. The fourth-order valence-corrected chi connectivity index (χ4v) is 2.39. The number of anilines is 2. The normalized spacial score (nSPS) is 14.1. The van der Waals surface area contributed by atoms with Gasteiger partial charge >= 0.3 is 0 Å². The first-order valence-electron chi connectivity index (χ1n) is 6.30. The van der Waals surface area contributed by atoms with Crippen molar-refractivity contribution < 1.29 is 0 Å². The van der Waals surface area contributed by atoms with E-state index in [9.17, 15) is 0 Å². The fraction of sp³-hybridized carbons (Fsp3) is 0.250. The summed E-state index contributed by atoms with van der Waals surface area (Å²) < 4.78 is 0. The van der Waals surface area contributed by atoms with Gasteiger partial charge < -0.3 is 11.5 Å². The minimum Gasteiger partial charge on any atom is -0.398 e. The Balaban J connectivity index is 2.33. The SMILES string of the molecule is CC(c1ccccc1N)C(C)c1ccccc1N. The molecule has 0 radical (unpaired) electrons. The van der Waals surface area contributed by atoms with Gasteiger partial charge in [0.2, 0.25) is 0 Å². The van der Waals surface area contributed by atoms with Crippen molar-refractivity contribution in [2.24, 2.45) is 0 Å². The maximum absolute atomic E-state index is 6.04. The molecule has 0 heterocycles. The molecule has 4 N–H and O–H groups in total. The Bertz CT molecular complexity index is 485. The van der Waals surface area contributed by atoms with Gasteiger partial charge in [-0.05, 0) is 35.1 Å². The highest BCUT2D eigenvalue weighted by molar-refractivity contribution is 5.53. The van der Waals surface area contributed by atoms with Crippen LogP contribution in [0, 0.1) is 0 Å². The van der Waals surface area contributed by atoms with E-state index in [1.54, 1.807) is 0 Å².